The number of halogens is 3. The van der Waals surface area contributed by atoms with E-state index in [9.17, 15) is 22.8 Å². The SMILES string of the molecule is Cc1c(NC(=O)CCC(=O)Nc2cccc(Nc3ncnc(N4C5CCC4CC(Oc4ccccc4)C5)n3)c2C)cccc1Nc1ncnc(N2CCC(c3ccccc3C(F)(F)F)CC2)n1. The lowest BCUT2D eigenvalue weighted by Crippen LogP contribution is -2.47. The number of rotatable bonds is 14. The monoisotopic (exact) mass is 912 g/mol. The van der Waals surface area contributed by atoms with Crippen molar-refractivity contribution in [1.29, 1.82) is 0 Å². The van der Waals surface area contributed by atoms with E-state index in [0.29, 0.717) is 66.4 Å². The zero-order valence-corrected chi connectivity index (χ0v) is 37.1. The van der Waals surface area contributed by atoms with Crippen LogP contribution in [0.5, 0.6) is 5.75 Å². The summed E-state index contributed by atoms with van der Waals surface area (Å²) >= 11 is 0. The lowest BCUT2D eigenvalue weighted by atomic mass is 9.86. The van der Waals surface area contributed by atoms with Gasteiger partial charge in [0.2, 0.25) is 35.6 Å². The lowest BCUT2D eigenvalue weighted by molar-refractivity contribution is -0.138. The highest BCUT2D eigenvalue weighted by atomic mass is 19.4. The van der Waals surface area contributed by atoms with Crippen molar-refractivity contribution in [3.05, 3.63) is 126 Å². The zero-order chi connectivity index (χ0) is 46.5. The van der Waals surface area contributed by atoms with E-state index < -0.39 is 11.7 Å². The third-order valence-electron chi connectivity index (χ3n) is 12.9. The maximum Gasteiger partial charge on any atom is 0.416 e. The highest BCUT2D eigenvalue weighted by molar-refractivity contribution is 5.98. The van der Waals surface area contributed by atoms with E-state index in [1.165, 1.54) is 18.7 Å². The highest BCUT2D eigenvalue weighted by Gasteiger charge is 2.43. The Kier molecular flexibility index (Phi) is 13.1. The molecule has 4 aromatic carbocycles. The zero-order valence-electron chi connectivity index (χ0n) is 37.1. The van der Waals surface area contributed by atoms with Gasteiger partial charge in [0.1, 0.15) is 24.5 Å². The molecule has 3 fully saturated rings. The van der Waals surface area contributed by atoms with E-state index in [4.69, 9.17) is 9.72 Å². The molecule has 2 bridgehead atoms. The number of carbonyl (C=O) groups excluding carboxylic acids is 2. The van der Waals surface area contributed by atoms with Gasteiger partial charge >= 0.3 is 6.18 Å². The minimum atomic E-state index is -4.41. The molecule has 6 aromatic rings. The minimum absolute atomic E-state index is 0.0497. The van der Waals surface area contributed by atoms with E-state index >= 15 is 0 Å². The smallest absolute Gasteiger partial charge is 0.416 e. The Bertz CT molecular complexity index is 2700. The first-order chi connectivity index (χ1) is 32.4. The highest BCUT2D eigenvalue weighted by Crippen LogP contribution is 2.41. The molecular formula is C49H51F3N12O3. The van der Waals surface area contributed by atoms with Crippen LogP contribution in [-0.2, 0) is 15.8 Å². The number of alkyl halides is 3. The fourth-order valence-electron chi connectivity index (χ4n) is 9.42. The maximum absolute atomic E-state index is 13.7. The second kappa shape index (κ2) is 19.6. The minimum Gasteiger partial charge on any atom is -0.490 e. The van der Waals surface area contributed by atoms with Crippen molar-refractivity contribution in [3.63, 3.8) is 0 Å². The largest absolute Gasteiger partial charge is 0.490 e. The van der Waals surface area contributed by atoms with Crippen LogP contribution in [0.2, 0.25) is 0 Å². The molecule has 9 rings (SSSR count). The molecule has 5 heterocycles. The standard InChI is InChI=1S/C49H51F3N12O3/c1-30-39(14-8-16-41(30)59-45-53-28-55-47(61-45)63-24-22-32(23-25-63)37-12-6-7-13-38(37)49(50,51)52)57-43(65)20-21-44(66)58-40-15-9-17-42(31(40)2)60-46-54-29-56-48(62-46)64-33-18-19-34(64)27-36(26-33)67-35-10-4-3-5-11-35/h3-17,28-29,32-34,36H,18-27H2,1-2H3,(H,57,65)(H,58,66)(H,53,55,59,61)(H,54,56,60,62). The van der Waals surface area contributed by atoms with Gasteiger partial charge in [-0.15, -0.1) is 0 Å². The summed E-state index contributed by atoms with van der Waals surface area (Å²) in [7, 11) is 0. The Balaban J connectivity index is 0.757. The molecule has 4 N–H and O–H groups in total. The third kappa shape index (κ3) is 10.5. The molecule has 2 aromatic heterocycles. The number of amides is 2. The van der Waals surface area contributed by atoms with Crippen molar-refractivity contribution in [2.75, 3.05) is 44.2 Å². The van der Waals surface area contributed by atoms with Crippen molar-refractivity contribution in [1.82, 2.24) is 29.9 Å². The van der Waals surface area contributed by atoms with E-state index in [-0.39, 0.29) is 54.7 Å². The number of aromatic nitrogens is 6. The molecule has 0 saturated carbocycles. The maximum atomic E-state index is 13.7. The number of nitrogens with one attached hydrogen (secondary N) is 4. The quantitative estimate of drug-likeness (QED) is 0.0814. The molecule has 3 aliphatic rings. The van der Waals surface area contributed by atoms with Crippen LogP contribution in [0.15, 0.2) is 104 Å². The average molecular weight is 913 g/mol. The van der Waals surface area contributed by atoms with E-state index in [2.05, 4.69) is 51.1 Å². The van der Waals surface area contributed by atoms with Crippen LogP contribution in [0.1, 0.15) is 79.5 Å². The van der Waals surface area contributed by atoms with Gasteiger partial charge in [-0.25, -0.2) is 19.9 Å². The Labute approximate surface area is 386 Å². The van der Waals surface area contributed by atoms with Crippen LogP contribution in [0.25, 0.3) is 0 Å². The van der Waals surface area contributed by atoms with E-state index in [0.717, 1.165) is 54.3 Å². The van der Waals surface area contributed by atoms with Crippen LogP contribution in [0.4, 0.5) is 59.7 Å². The van der Waals surface area contributed by atoms with Gasteiger partial charge in [0.15, 0.2) is 0 Å². The van der Waals surface area contributed by atoms with Gasteiger partial charge < -0.3 is 35.8 Å². The summed E-state index contributed by atoms with van der Waals surface area (Å²) in [5.41, 5.74) is 3.75. The first-order valence-electron chi connectivity index (χ1n) is 22.6. The summed E-state index contributed by atoms with van der Waals surface area (Å²) in [5.74, 6) is 1.72. The molecule has 3 saturated heterocycles. The van der Waals surface area contributed by atoms with Gasteiger partial charge in [0.05, 0.1) is 5.56 Å². The Hall–Kier alpha value is -7.37. The number of hydrogen-bond acceptors (Lipinski definition) is 13. The number of nitrogens with zero attached hydrogens (tertiary/aromatic N) is 8. The van der Waals surface area contributed by atoms with Crippen LogP contribution in [0, 0.1) is 13.8 Å². The summed E-state index contributed by atoms with van der Waals surface area (Å²) in [6.07, 6.45) is 3.45. The Morgan fingerprint density at radius 3 is 1.75 bits per heavy atom. The molecule has 3 aliphatic heterocycles. The fraction of sp³-hybridized carbons (Fsp3) is 0.347. The molecule has 15 nitrogen and oxygen atoms in total. The Morgan fingerprint density at radius 2 is 1.16 bits per heavy atom. The number of para-hydroxylation sites is 1. The van der Waals surface area contributed by atoms with Crippen LogP contribution < -0.4 is 35.8 Å². The van der Waals surface area contributed by atoms with Crippen molar-refractivity contribution in [2.24, 2.45) is 0 Å². The summed E-state index contributed by atoms with van der Waals surface area (Å²) in [5, 5.41) is 12.4. The fourth-order valence-corrected chi connectivity index (χ4v) is 9.42. The van der Waals surface area contributed by atoms with Crippen molar-refractivity contribution < 1.29 is 27.5 Å². The molecule has 67 heavy (non-hydrogen) atoms. The van der Waals surface area contributed by atoms with Gasteiger partial charge in [0.25, 0.3) is 0 Å². The molecule has 346 valence electrons. The van der Waals surface area contributed by atoms with Crippen LogP contribution in [0.3, 0.4) is 0 Å². The number of carbonyl (C=O) groups is 2. The first kappa shape index (κ1) is 44.8. The lowest BCUT2D eigenvalue weighted by Gasteiger charge is -2.38. The number of piperidine rings is 2. The van der Waals surface area contributed by atoms with Crippen molar-refractivity contribution >= 4 is 58.4 Å². The van der Waals surface area contributed by atoms with Gasteiger partial charge in [-0.3, -0.25) is 9.59 Å². The number of ether oxygens (including phenoxy) is 1. The topological polar surface area (TPSA) is 175 Å². The van der Waals surface area contributed by atoms with Gasteiger partial charge in [0, 0.05) is 73.6 Å². The summed E-state index contributed by atoms with van der Waals surface area (Å²) in [6.45, 7) is 4.70. The summed E-state index contributed by atoms with van der Waals surface area (Å²) < 4.78 is 47.4. The molecule has 0 aliphatic carbocycles. The molecule has 0 radical (unpaired) electrons. The molecule has 2 amide bonds. The Morgan fingerprint density at radius 1 is 0.642 bits per heavy atom. The van der Waals surface area contributed by atoms with Crippen molar-refractivity contribution in [3.8, 4) is 5.75 Å². The second-order valence-corrected chi connectivity index (χ2v) is 17.2. The molecule has 18 heteroatoms. The van der Waals surface area contributed by atoms with Crippen LogP contribution in [-0.4, -0.2) is 73.0 Å². The predicted octanol–water partition coefficient (Wildman–Crippen LogP) is 9.50. The predicted molar refractivity (Wildman–Crippen MR) is 250 cm³/mol. The average Bonchev–Trinajstić information content (AvgIpc) is 3.60. The third-order valence-corrected chi connectivity index (χ3v) is 12.9. The second-order valence-electron chi connectivity index (χ2n) is 17.2. The normalized spacial score (nSPS) is 18.3. The number of hydrogen-bond donors (Lipinski definition) is 4. The summed E-state index contributed by atoms with van der Waals surface area (Å²) in [6, 6.07) is 27.1. The summed E-state index contributed by atoms with van der Waals surface area (Å²) in [4.78, 5) is 57.5. The number of fused-ring (bicyclic) bond motifs is 2. The first-order valence-corrected chi connectivity index (χ1v) is 22.6. The van der Waals surface area contributed by atoms with E-state index in [1.807, 2.05) is 67.3 Å². The molecule has 2 atom stereocenters. The van der Waals surface area contributed by atoms with Crippen molar-refractivity contribution in [2.45, 2.75) is 95.5 Å². The number of benzene rings is 4. The van der Waals surface area contributed by atoms with Gasteiger partial charge in [-0.05, 0) is 105 Å². The van der Waals surface area contributed by atoms with E-state index in [1.54, 1.807) is 30.3 Å². The molecular weight excluding hydrogens is 862 g/mol. The molecule has 2 unspecified atom stereocenters. The molecule has 0 spiro atoms. The van der Waals surface area contributed by atoms with Gasteiger partial charge in [-0.2, -0.15) is 23.1 Å². The number of anilines is 8. The van der Waals surface area contributed by atoms with Crippen LogP contribution >= 0.6 is 0 Å². The van der Waals surface area contributed by atoms with Gasteiger partial charge in [-0.1, -0.05) is 48.5 Å².